The van der Waals surface area contributed by atoms with Gasteiger partial charge in [-0.15, -0.1) is 0 Å². The minimum atomic E-state index is -0.558. The molecule has 6 nitrogen and oxygen atoms in total. The van der Waals surface area contributed by atoms with Crippen LogP contribution in [-0.4, -0.2) is 42.9 Å². The van der Waals surface area contributed by atoms with Crippen molar-refractivity contribution in [1.29, 1.82) is 0 Å². The maximum Gasteiger partial charge on any atom is 0.491 e. The van der Waals surface area contributed by atoms with Crippen molar-refractivity contribution in [2.45, 2.75) is 38.9 Å². The molecular formula is C16H22BClN2O4. The van der Waals surface area contributed by atoms with Crippen LogP contribution in [0.4, 0.5) is 0 Å². The summed E-state index contributed by atoms with van der Waals surface area (Å²) in [5.74, 6) is -0.548. The lowest BCUT2D eigenvalue weighted by Gasteiger charge is -2.32. The SMILES string of the molecule is COC(=O)c1cc(C=C(CN)B2OC(C)(C)C(C)(C)O2)cnc1Cl. The maximum absolute atomic E-state index is 11.7. The normalized spacial score (nSPS) is 19.5. The van der Waals surface area contributed by atoms with Gasteiger partial charge in [-0.25, -0.2) is 9.78 Å². The Morgan fingerprint density at radius 3 is 2.46 bits per heavy atom. The molecule has 8 heteroatoms. The van der Waals surface area contributed by atoms with Crippen molar-refractivity contribution in [2.24, 2.45) is 5.73 Å². The largest absolute Gasteiger partial charge is 0.491 e. The van der Waals surface area contributed by atoms with Gasteiger partial charge < -0.3 is 19.8 Å². The lowest BCUT2D eigenvalue weighted by atomic mass is 9.77. The van der Waals surface area contributed by atoms with Crippen LogP contribution in [0.1, 0.15) is 43.6 Å². The number of halogens is 1. The number of methoxy groups -OCH3 is 1. The van der Waals surface area contributed by atoms with E-state index in [1.807, 2.05) is 27.7 Å². The van der Waals surface area contributed by atoms with E-state index in [2.05, 4.69) is 4.98 Å². The summed E-state index contributed by atoms with van der Waals surface area (Å²) in [6.45, 7) is 8.13. The number of ether oxygens (including phenoxy) is 1. The van der Waals surface area contributed by atoms with Crippen LogP contribution in [-0.2, 0) is 14.0 Å². The second-order valence-electron chi connectivity index (χ2n) is 6.61. The van der Waals surface area contributed by atoms with Gasteiger partial charge in [-0.3, -0.25) is 0 Å². The number of esters is 1. The van der Waals surface area contributed by atoms with Crippen LogP contribution in [0.5, 0.6) is 0 Å². The molecular weight excluding hydrogens is 330 g/mol. The molecule has 2 heterocycles. The highest BCUT2D eigenvalue weighted by molar-refractivity contribution is 6.55. The van der Waals surface area contributed by atoms with Gasteiger partial charge in [0.1, 0.15) is 5.15 Å². The van der Waals surface area contributed by atoms with E-state index in [4.69, 9.17) is 31.4 Å². The van der Waals surface area contributed by atoms with Crippen molar-refractivity contribution in [3.63, 3.8) is 0 Å². The molecule has 0 aromatic carbocycles. The van der Waals surface area contributed by atoms with Gasteiger partial charge >= 0.3 is 13.1 Å². The van der Waals surface area contributed by atoms with Gasteiger partial charge in [0.15, 0.2) is 0 Å². The Balaban J connectivity index is 2.34. The summed E-state index contributed by atoms with van der Waals surface area (Å²) in [7, 11) is 0.730. The minimum Gasteiger partial charge on any atom is -0.465 e. The van der Waals surface area contributed by atoms with E-state index in [9.17, 15) is 4.79 Å². The van der Waals surface area contributed by atoms with Crippen LogP contribution < -0.4 is 5.73 Å². The van der Waals surface area contributed by atoms with Crippen LogP contribution in [0, 0.1) is 0 Å². The summed E-state index contributed by atoms with van der Waals surface area (Å²) in [4.78, 5) is 15.7. The zero-order chi connectivity index (χ0) is 18.1. The molecule has 1 fully saturated rings. The average Bonchev–Trinajstić information content (AvgIpc) is 2.73. The Kier molecular flexibility index (Phi) is 5.39. The number of pyridine rings is 1. The van der Waals surface area contributed by atoms with Gasteiger partial charge in [0.05, 0.1) is 23.9 Å². The van der Waals surface area contributed by atoms with Crippen molar-refractivity contribution in [3.05, 3.63) is 34.0 Å². The molecule has 0 amide bonds. The first-order valence-electron chi connectivity index (χ1n) is 7.61. The summed E-state index contributed by atoms with van der Waals surface area (Å²) in [5, 5.41) is 0.0870. The van der Waals surface area contributed by atoms with E-state index in [-0.39, 0.29) is 17.3 Å². The fourth-order valence-electron chi connectivity index (χ4n) is 2.23. The highest BCUT2D eigenvalue weighted by Gasteiger charge is 2.52. The van der Waals surface area contributed by atoms with Crippen molar-refractivity contribution in [1.82, 2.24) is 4.98 Å². The third-order valence-corrected chi connectivity index (χ3v) is 4.71. The number of nitrogens with zero attached hydrogens (tertiary/aromatic N) is 1. The van der Waals surface area contributed by atoms with Gasteiger partial charge in [0.2, 0.25) is 0 Å². The lowest BCUT2D eigenvalue weighted by molar-refractivity contribution is 0.00578. The number of aromatic nitrogens is 1. The predicted octanol–water partition coefficient (Wildman–Crippen LogP) is 2.50. The Morgan fingerprint density at radius 1 is 1.38 bits per heavy atom. The molecule has 2 rings (SSSR count). The molecule has 0 saturated carbocycles. The molecule has 1 aromatic heterocycles. The zero-order valence-corrected chi connectivity index (χ0v) is 15.3. The Labute approximate surface area is 147 Å². The molecule has 0 bridgehead atoms. The van der Waals surface area contributed by atoms with Crippen molar-refractivity contribution in [3.8, 4) is 0 Å². The molecule has 1 aliphatic heterocycles. The first kappa shape index (κ1) is 18.9. The fourth-order valence-corrected chi connectivity index (χ4v) is 2.41. The first-order chi connectivity index (χ1) is 11.1. The van der Waals surface area contributed by atoms with E-state index in [0.29, 0.717) is 5.56 Å². The van der Waals surface area contributed by atoms with Crippen molar-refractivity contribution >= 4 is 30.8 Å². The molecule has 1 saturated heterocycles. The average molecular weight is 353 g/mol. The number of hydrogen-bond acceptors (Lipinski definition) is 6. The van der Waals surface area contributed by atoms with E-state index in [1.54, 1.807) is 18.3 Å². The summed E-state index contributed by atoms with van der Waals surface area (Å²) >= 11 is 5.94. The number of hydrogen-bond donors (Lipinski definition) is 1. The number of carbonyl (C=O) groups is 1. The molecule has 0 spiro atoms. The molecule has 0 atom stereocenters. The fraction of sp³-hybridized carbons (Fsp3) is 0.500. The van der Waals surface area contributed by atoms with Crippen LogP contribution in [0.2, 0.25) is 5.15 Å². The minimum absolute atomic E-state index is 0.0870. The second-order valence-corrected chi connectivity index (χ2v) is 6.97. The van der Waals surface area contributed by atoms with E-state index in [1.165, 1.54) is 7.11 Å². The van der Waals surface area contributed by atoms with Gasteiger partial charge in [0.25, 0.3) is 0 Å². The predicted molar refractivity (Wildman–Crippen MR) is 93.7 cm³/mol. The van der Waals surface area contributed by atoms with Gasteiger partial charge in [0, 0.05) is 12.7 Å². The summed E-state index contributed by atoms with van der Waals surface area (Å²) in [6, 6.07) is 1.60. The Hall–Kier alpha value is -1.41. The smallest absolute Gasteiger partial charge is 0.465 e. The Morgan fingerprint density at radius 2 is 1.96 bits per heavy atom. The second kappa shape index (κ2) is 6.84. The monoisotopic (exact) mass is 352 g/mol. The number of carbonyl (C=O) groups excluding carboxylic acids is 1. The summed E-state index contributed by atoms with van der Waals surface area (Å²) in [5.41, 5.74) is 6.55. The summed E-state index contributed by atoms with van der Waals surface area (Å²) in [6.07, 6.45) is 3.34. The van der Waals surface area contributed by atoms with Gasteiger partial charge in [-0.2, -0.15) is 0 Å². The molecule has 24 heavy (non-hydrogen) atoms. The van der Waals surface area contributed by atoms with E-state index in [0.717, 1.165) is 5.47 Å². The van der Waals surface area contributed by atoms with Crippen LogP contribution >= 0.6 is 11.6 Å². The molecule has 1 aliphatic rings. The van der Waals surface area contributed by atoms with Crippen LogP contribution in [0.15, 0.2) is 17.7 Å². The molecule has 0 unspecified atom stereocenters. The summed E-state index contributed by atoms with van der Waals surface area (Å²) < 4.78 is 16.7. The third-order valence-electron chi connectivity index (χ3n) is 4.41. The molecule has 0 aliphatic carbocycles. The molecule has 2 N–H and O–H groups in total. The zero-order valence-electron chi connectivity index (χ0n) is 14.6. The van der Waals surface area contributed by atoms with E-state index < -0.39 is 24.3 Å². The van der Waals surface area contributed by atoms with Gasteiger partial charge in [-0.1, -0.05) is 17.7 Å². The molecule has 130 valence electrons. The Bertz CT molecular complexity index is 660. The lowest BCUT2D eigenvalue weighted by Crippen LogP contribution is -2.41. The van der Waals surface area contributed by atoms with Gasteiger partial charge in [-0.05, 0) is 44.8 Å². The molecule has 1 aromatic rings. The van der Waals surface area contributed by atoms with Crippen molar-refractivity contribution in [2.75, 3.05) is 13.7 Å². The standard InChI is InChI=1S/C16H22BClN2O4/c1-15(2)16(3,4)24-17(23-15)11(8-19)6-10-7-12(14(21)22-5)13(18)20-9-10/h6-7,9H,8,19H2,1-5H3. The number of nitrogens with two attached hydrogens (primary N) is 1. The number of rotatable bonds is 4. The third kappa shape index (κ3) is 3.64. The van der Waals surface area contributed by atoms with E-state index >= 15 is 0 Å². The highest BCUT2D eigenvalue weighted by Crippen LogP contribution is 2.38. The van der Waals surface area contributed by atoms with Crippen LogP contribution in [0.3, 0.4) is 0 Å². The van der Waals surface area contributed by atoms with Crippen LogP contribution in [0.25, 0.3) is 6.08 Å². The van der Waals surface area contributed by atoms with Crippen molar-refractivity contribution < 1.29 is 18.8 Å². The first-order valence-corrected chi connectivity index (χ1v) is 7.99. The topological polar surface area (TPSA) is 83.7 Å². The highest BCUT2D eigenvalue weighted by atomic mass is 35.5. The quantitative estimate of drug-likeness (QED) is 0.509. The maximum atomic E-state index is 11.7. The molecule has 0 radical (unpaired) electrons.